The van der Waals surface area contributed by atoms with E-state index in [0.717, 1.165) is 23.5 Å². The van der Waals surface area contributed by atoms with Crippen molar-refractivity contribution in [3.8, 4) is 0 Å². The quantitative estimate of drug-likeness (QED) is 0.909. The van der Waals surface area contributed by atoms with Crippen LogP contribution in [0.5, 0.6) is 0 Å². The Hall–Kier alpha value is -1.21. The molecule has 112 valence electrons. The predicted molar refractivity (Wildman–Crippen MR) is 84.8 cm³/mol. The van der Waals surface area contributed by atoms with Gasteiger partial charge in [0, 0.05) is 29.4 Å². The third kappa shape index (κ3) is 3.03. The molecule has 0 aliphatic carbocycles. The Balaban J connectivity index is 1.77. The normalized spacial score (nSPS) is 14.4. The van der Waals surface area contributed by atoms with Gasteiger partial charge in [0.15, 0.2) is 0 Å². The van der Waals surface area contributed by atoms with Crippen LogP contribution in [0, 0.1) is 13.8 Å². The number of nitrogens with one attached hydrogen (secondary N) is 2. The Morgan fingerprint density at radius 1 is 1.19 bits per heavy atom. The lowest BCUT2D eigenvalue weighted by Crippen LogP contribution is -2.23. The second-order valence-electron chi connectivity index (χ2n) is 5.31. The molecule has 0 unspecified atom stereocenters. The zero-order chi connectivity index (χ0) is 15.0. The van der Waals surface area contributed by atoms with E-state index in [0.29, 0.717) is 11.4 Å². The molecule has 1 aromatic carbocycles. The molecule has 0 bridgehead atoms. The number of thiophene rings is 1. The van der Waals surface area contributed by atoms with Gasteiger partial charge in [-0.3, -0.25) is 0 Å². The monoisotopic (exact) mass is 322 g/mol. The van der Waals surface area contributed by atoms with E-state index in [4.69, 9.17) is 0 Å². The summed E-state index contributed by atoms with van der Waals surface area (Å²) in [6.45, 7) is 5.98. The van der Waals surface area contributed by atoms with Crippen molar-refractivity contribution in [3.63, 3.8) is 0 Å². The fourth-order valence-electron chi connectivity index (χ4n) is 2.42. The third-order valence-electron chi connectivity index (χ3n) is 3.77. The summed E-state index contributed by atoms with van der Waals surface area (Å²) in [7, 11) is -3.45. The number of rotatable bonds is 4. The SMILES string of the molecule is Cc1cc(CNS(=O)(=O)c2ccc3c(c2)CNC3)sc1C. The summed E-state index contributed by atoms with van der Waals surface area (Å²) in [5, 5.41) is 3.22. The van der Waals surface area contributed by atoms with Crippen molar-refractivity contribution in [2.45, 2.75) is 38.4 Å². The Bertz CT molecular complexity index is 759. The van der Waals surface area contributed by atoms with Crippen LogP contribution in [0.3, 0.4) is 0 Å². The molecule has 2 N–H and O–H groups in total. The van der Waals surface area contributed by atoms with Crippen molar-refractivity contribution in [1.29, 1.82) is 0 Å². The Morgan fingerprint density at radius 2 is 1.95 bits per heavy atom. The van der Waals surface area contributed by atoms with E-state index < -0.39 is 10.0 Å². The average Bonchev–Trinajstić information content (AvgIpc) is 3.03. The van der Waals surface area contributed by atoms with E-state index in [1.807, 2.05) is 26.0 Å². The van der Waals surface area contributed by atoms with Crippen LogP contribution >= 0.6 is 11.3 Å². The van der Waals surface area contributed by atoms with Gasteiger partial charge in [0.2, 0.25) is 10.0 Å². The van der Waals surface area contributed by atoms with Crippen molar-refractivity contribution >= 4 is 21.4 Å². The molecule has 1 aromatic heterocycles. The van der Waals surface area contributed by atoms with Crippen molar-refractivity contribution in [2.24, 2.45) is 0 Å². The first-order chi connectivity index (χ1) is 9.95. The zero-order valence-corrected chi connectivity index (χ0v) is 13.7. The molecular weight excluding hydrogens is 304 g/mol. The first-order valence-corrected chi connectivity index (χ1v) is 9.14. The van der Waals surface area contributed by atoms with Gasteiger partial charge < -0.3 is 5.32 Å². The molecule has 6 heteroatoms. The molecule has 4 nitrogen and oxygen atoms in total. The van der Waals surface area contributed by atoms with Crippen molar-refractivity contribution < 1.29 is 8.42 Å². The summed E-state index contributed by atoms with van der Waals surface area (Å²) in [5.74, 6) is 0. The minimum absolute atomic E-state index is 0.343. The second kappa shape index (κ2) is 5.53. The molecule has 0 saturated heterocycles. The topological polar surface area (TPSA) is 58.2 Å². The lowest BCUT2D eigenvalue weighted by Gasteiger charge is -2.07. The highest BCUT2D eigenvalue weighted by molar-refractivity contribution is 7.89. The summed E-state index contributed by atoms with van der Waals surface area (Å²) < 4.78 is 27.4. The average molecular weight is 322 g/mol. The summed E-state index contributed by atoms with van der Waals surface area (Å²) in [6, 6.07) is 7.38. The maximum atomic E-state index is 12.4. The molecule has 3 rings (SSSR count). The van der Waals surface area contributed by atoms with E-state index in [1.54, 1.807) is 23.5 Å². The Kier molecular flexibility index (Phi) is 3.88. The highest BCUT2D eigenvalue weighted by atomic mass is 32.2. The number of aryl methyl sites for hydroxylation is 2. The highest BCUT2D eigenvalue weighted by Crippen LogP contribution is 2.22. The molecule has 1 aliphatic rings. The van der Waals surface area contributed by atoms with Gasteiger partial charge in [-0.1, -0.05) is 6.07 Å². The lowest BCUT2D eigenvalue weighted by molar-refractivity contribution is 0.581. The Labute approximate surface area is 129 Å². The maximum absolute atomic E-state index is 12.4. The van der Waals surface area contributed by atoms with Crippen LogP contribution in [-0.2, 0) is 29.7 Å². The zero-order valence-electron chi connectivity index (χ0n) is 12.1. The molecule has 2 aromatic rings. The minimum atomic E-state index is -3.45. The number of sulfonamides is 1. The van der Waals surface area contributed by atoms with Crippen LogP contribution in [0.1, 0.15) is 26.4 Å². The van der Waals surface area contributed by atoms with Crippen LogP contribution in [-0.4, -0.2) is 8.42 Å². The van der Waals surface area contributed by atoms with E-state index in [9.17, 15) is 8.42 Å². The molecule has 0 atom stereocenters. The summed E-state index contributed by atoms with van der Waals surface area (Å²) >= 11 is 1.63. The molecule has 0 radical (unpaired) electrons. The van der Waals surface area contributed by atoms with Gasteiger partial charge >= 0.3 is 0 Å². The molecule has 21 heavy (non-hydrogen) atoms. The van der Waals surface area contributed by atoms with Gasteiger partial charge in [0.1, 0.15) is 0 Å². The highest BCUT2D eigenvalue weighted by Gasteiger charge is 2.18. The van der Waals surface area contributed by atoms with Crippen LogP contribution in [0.2, 0.25) is 0 Å². The fraction of sp³-hybridized carbons (Fsp3) is 0.333. The smallest absolute Gasteiger partial charge is 0.240 e. The third-order valence-corrected chi connectivity index (χ3v) is 6.32. The molecule has 0 saturated carbocycles. The van der Waals surface area contributed by atoms with Crippen LogP contribution in [0.4, 0.5) is 0 Å². The Morgan fingerprint density at radius 3 is 2.67 bits per heavy atom. The minimum Gasteiger partial charge on any atom is -0.309 e. The number of fused-ring (bicyclic) bond motifs is 1. The molecule has 0 fully saturated rings. The van der Waals surface area contributed by atoms with Crippen molar-refractivity contribution in [2.75, 3.05) is 0 Å². The summed E-state index contributed by atoms with van der Waals surface area (Å²) in [4.78, 5) is 2.61. The number of benzene rings is 1. The van der Waals surface area contributed by atoms with Crippen LogP contribution < -0.4 is 10.0 Å². The van der Waals surface area contributed by atoms with E-state index in [1.165, 1.54) is 16.0 Å². The van der Waals surface area contributed by atoms with Gasteiger partial charge in [-0.05, 0) is 48.7 Å². The van der Waals surface area contributed by atoms with E-state index in [-0.39, 0.29) is 0 Å². The second-order valence-corrected chi connectivity index (χ2v) is 8.42. The number of hydrogen-bond acceptors (Lipinski definition) is 4. The summed E-state index contributed by atoms with van der Waals surface area (Å²) in [6.07, 6.45) is 0. The van der Waals surface area contributed by atoms with Gasteiger partial charge in [0.25, 0.3) is 0 Å². The van der Waals surface area contributed by atoms with Crippen molar-refractivity contribution in [3.05, 3.63) is 50.7 Å². The maximum Gasteiger partial charge on any atom is 0.240 e. The number of hydrogen-bond donors (Lipinski definition) is 2. The van der Waals surface area contributed by atoms with Gasteiger partial charge in [-0.2, -0.15) is 0 Å². The molecule has 2 heterocycles. The van der Waals surface area contributed by atoms with Gasteiger partial charge in [0.05, 0.1) is 4.90 Å². The molecule has 1 aliphatic heterocycles. The molecule has 0 amide bonds. The van der Waals surface area contributed by atoms with Gasteiger partial charge in [-0.25, -0.2) is 13.1 Å². The van der Waals surface area contributed by atoms with E-state index >= 15 is 0 Å². The standard InChI is InChI=1S/C15H18N2O2S2/c1-10-5-14(20-11(10)2)9-17-21(18,19)15-4-3-12-7-16-8-13(12)6-15/h3-6,16-17H,7-9H2,1-2H3. The van der Waals surface area contributed by atoms with Crippen molar-refractivity contribution in [1.82, 2.24) is 10.0 Å². The lowest BCUT2D eigenvalue weighted by atomic mass is 10.1. The largest absolute Gasteiger partial charge is 0.309 e. The first-order valence-electron chi connectivity index (χ1n) is 6.84. The van der Waals surface area contributed by atoms with Crippen LogP contribution in [0.25, 0.3) is 0 Å². The van der Waals surface area contributed by atoms with E-state index in [2.05, 4.69) is 10.0 Å². The predicted octanol–water partition coefficient (Wildman–Crippen LogP) is 2.45. The molecule has 0 spiro atoms. The first kappa shape index (κ1) is 14.7. The van der Waals surface area contributed by atoms with Gasteiger partial charge in [-0.15, -0.1) is 11.3 Å². The summed E-state index contributed by atoms with van der Waals surface area (Å²) in [5.41, 5.74) is 3.46. The molecular formula is C15H18N2O2S2. The van der Waals surface area contributed by atoms with Crippen LogP contribution in [0.15, 0.2) is 29.2 Å². The fourth-order valence-corrected chi connectivity index (χ4v) is 4.57.